The van der Waals surface area contributed by atoms with E-state index in [-0.39, 0.29) is 30.2 Å². The second kappa shape index (κ2) is 9.95. The van der Waals surface area contributed by atoms with Crippen LogP contribution in [0.5, 0.6) is 0 Å². The van der Waals surface area contributed by atoms with Crippen molar-refractivity contribution >= 4 is 11.8 Å². The van der Waals surface area contributed by atoms with Crippen molar-refractivity contribution in [2.75, 3.05) is 59.0 Å². The third-order valence-electron chi connectivity index (χ3n) is 5.47. The topological polar surface area (TPSA) is 65.1 Å². The molecule has 28 heavy (non-hydrogen) atoms. The SMILES string of the molecule is CC(C(=O)NCc1ccccc1F)N1CCN(CC(=O)N2CCOCC2)CC1. The summed E-state index contributed by atoms with van der Waals surface area (Å²) in [4.78, 5) is 30.9. The number of amides is 2. The van der Waals surface area contributed by atoms with Crippen LogP contribution in [0.3, 0.4) is 0 Å². The molecule has 2 aliphatic heterocycles. The van der Waals surface area contributed by atoms with Gasteiger partial charge in [0, 0.05) is 51.4 Å². The number of carbonyl (C=O) groups is 2. The molecular formula is C20H29FN4O3. The molecule has 2 aliphatic rings. The van der Waals surface area contributed by atoms with Crippen LogP contribution in [-0.2, 0) is 20.9 Å². The molecule has 0 aliphatic carbocycles. The molecule has 0 aromatic heterocycles. The standard InChI is InChI=1S/C20H29FN4O3/c1-16(20(27)22-14-17-4-2-3-5-18(17)21)24-8-6-23(7-9-24)15-19(26)25-10-12-28-13-11-25/h2-5,16H,6-15H2,1H3,(H,22,27). The summed E-state index contributed by atoms with van der Waals surface area (Å²) < 4.78 is 19.0. The summed E-state index contributed by atoms with van der Waals surface area (Å²) in [6.07, 6.45) is 0. The number of rotatable bonds is 6. The molecule has 1 aromatic carbocycles. The summed E-state index contributed by atoms with van der Waals surface area (Å²) in [5.41, 5.74) is 0.481. The lowest BCUT2D eigenvalue weighted by molar-refractivity contribution is -0.137. The number of ether oxygens (including phenoxy) is 1. The van der Waals surface area contributed by atoms with E-state index in [1.807, 2.05) is 11.8 Å². The molecule has 2 saturated heterocycles. The van der Waals surface area contributed by atoms with Gasteiger partial charge in [-0.05, 0) is 13.0 Å². The van der Waals surface area contributed by atoms with Crippen LogP contribution in [-0.4, -0.2) is 91.6 Å². The monoisotopic (exact) mass is 392 g/mol. The van der Waals surface area contributed by atoms with Crippen molar-refractivity contribution in [3.63, 3.8) is 0 Å². The minimum Gasteiger partial charge on any atom is -0.378 e. The Morgan fingerprint density at radius 3 is 2.46 bits per heavy atom. The van der Waals surface area contributed by atoms with Crippen LogP contribution in [0, 0.1) is 5.82 Å². The van der Waals surface area contributed by atoms with E-state index < -0.39 is 0 Å². The van der Waals surface area contributed by atoms with Crippen LogP contribution in [0.4, 0.5) is 4.39 Å². The number of benzene rings is 1. The van der Waals surface area contributed by atoms with E-state index in [4.69, 9.17) is 4.74 Å². The fourth-order valence-corrected chi connectivity index (χ4v) is 3.55. The largest absolute Gasteiger partial charge is 0.378 e. The minimum absolute atomic E-state index is 0.110. The van der Waals surface area contributed by atoms with Gasteiger partial charge in [-0.25, -0.2) is 4.39 Å². The van der Waals surface area contributed by atoms with Gasteiger partial charge < -0.3 is 15.0 Å². The van der Waals surface area contributed by atoms with Gasteiger partial charge in [-0.2, -0.15) is 0 Å². The Balaban J connectivity index is 1.40. The fourth-order valence-electron chi connectivity index (χ4n) is 3.55. The van der Waals surface area contributed by atoms with E-state index in [0.717, 1.165) is 26.2 Å². The normalized spacial score (nSPS) is 20.0. The number of hydrogen-bond donors (Lipinski definition) is 1. The summed E-state index contributed by atoms with van der Waals surface area (Å²) in [6.45, 7) is 7.97. The first-order chi connectivity index (χ1) is 13.5. The summed E-state index contributed by atoms with van der Waals surface area (Å²) in [5.74, 6) is -0.275. The van der Waals surface area contributed by atoms with E-state index in [1.54, 1.807) is 18.2 Å². The summed E-state index contributed by atoms with van der Waals surface area (Å²) in [5, 5.41) is 2.82. The van der Waals surface area contributed by atoms with E-state index in [9.17, 15) is 14.0 Å². The van der Waals surface area contributed by atoms with Crippen molar-refractivity contribution in [3.8, 4) is 0 Å². The number of morpholine rings is 1. The predicted molar refractivity (Wildman–Crippen MR) is 103 cm³/mol. The van der Waals surface area contributed by atoms with Gasteiger partial charge in [0.05, 0.1) is 25.8 Å². The number of nitrogens with zero attached hydrogens (tertiary/aromatic N) is 3. The molecule has 1 atom stereocenters. The molecule has 0 saturated carbocycles. The lowest BCUT2D eigenvalue weighted by Gasteiger charge is -2.38. The fraction of sp³-hybridized carbons (Fsp3) is 0.600. The van der Waals surface area contributed by atoms with Crippen LogP contribution in [0.25, 0.3) is 0 Å². The van der Waals surface area contributed by atoms with Gasteiger partial charge in [0.2, 0.25) is 11.8 Å². The van der Waals surface area contributed by atoms with Crippen molar-refractivity contribution in [1.29, 1.82) is 0 Å². The Bertz CT molecular complexity index is 673. The maximum absolute atomic E-state index is 13.7. The first kappa shape index (κ1) is 20.7. The van der Waals surface area contributed by atoms with E-state index in [1.165, 1.54) is 6.07 Å². The van der Waals surface area contributed by atoms with Gasteiger partial charge in [0.1, 0.15) is 5.82 Å². The van der Waals surface area contributed by atoms with Crippen LogP contribution in [0.2, 0.25) is 0 Å². The molecule has 3 rings (SSSR count). The van der Waals surface area contributed by atoms with Crippen LogP contribution in [0.15, 0.2) is 24.3 Å². The maximum atomic E-state index is 13.7. The van der Waals surface area contributed by atoms with Gasteiger partial charge >= 0.3 is 0 Å². The Labute approximate surface area is 165 Å². The molecule has 0 radical (unpaired) electrons. The van der Waals surface area contributed by atoms with Crippen LogP contribution < -0.4 is 5.32 Å². The zero-order valence-electron chi connectivity index (χ0n) is 16.4. The van der Waals surface area contributed by atoms with Crippen molar-refractivity contribution in [2.24, 2.45) is 0 Å². The minimum atomic E-state index is -0.311. The molecule has 2 fully saturated rings. The van der Waals surface area contributed by atoms with Crippen molar-refractivity contribution < 1.29 is 18.7 Å². The van der Waals surface area contributed by atoms with E-state index >= 15 is 0 Å². The van der Waals surface area contributed by atoms with E-state index in [2.05, 4.69) is 15.1 Å². The molecular weight excluding hydrogens is 363 g/mol. The molecule has 7 nitrogen and oxygen atoms in total. The molecule has 0 bridgehead atoms. The number of carbonyl (C=O) groups excluding carboxylic acids is 2. The average Bonchev–Trinajstić information content (AvgIpc) is 2.73. The third kappa shape index (κ3) is 5.50. The van der Waals surface area contributed by atoms with Gasteiger partial charge in [0.25, 0.3) is 0 Å². The number of nitrogens with one attached hydrogen (secondary N) is 1. The maximum Gasteiger partial charge on any atom is 0.237 e. The Morgan fingerprint density at radius 1 is 1.11 bits per heavy atom. The lowest BCUT2D eigenvalue weighted by Crippen LogP contribution is -2.55. The van der Waals surface area contributed by atoms with Crippen molar-refractivity contribution in [2.45, 2.75) is 19.5 Å². The van der Waals surface area contributed by atoms with Crippen LogP contribution in [0.1, 0.15) is 12.5 Å². The van der Waals surface area contributed by atoms with E-state index in [0.29, 0.717) is 38.4 Å². The second-order valence-electron chi connectivity index (χ2n) is 7.29. The van der Waals surface area contributed by atoms with Crippen LogP contribution >= 0.6 is 0 Å². The zero-order valence-corrected chi connectivity index (χ0v) is 16.4. The van der Waals surface area contributed by atoms with Gasteiger partial charge in [-0.15, -0.1) is 0 Å². The Morgan fingerprint density at radius 2 is 1.79 bits per heavy atom. The molecule has 2 amide bonds. The summed E-state index contributed by atoms with van der Waals surface area (Å²) >= 11 is 0. The van der Waals surface area contributed by atoms with Gasteiger partial charge in [0.15, 0.2) is 0 Å². The number of piperazine rings is 1. The second-order valence-corrected chi connectivity index (χ2v) is 7.29. The lowest BCUT2D eigenvalue weighted by atomic mass is 10.2. The quantitative estimate of drug-likeness (QED) is 0.755. The molecule has 154 valence electrons. The zero-order chi connectivity index (χ0) is 19.9. The highest BCUT2D eigenvalue weighted by molar-refractivity contribution is 5.81. The first-order valence-electron chi connectivity index (χ1n) is 9.87. The third-order valence-corrected chi connectivity index (χ3v) is 5.47. The van der Waals surface area contributed by atoms with Crippen molar-refractivity contribution in [1.82, 2.24) is 20.0 Å². The number of hydrogen-bond acceptors (Lipinski definition) is 5. The Hall–Kier alpha value is -2.03. The molecule has 2 heterocycles. The summed E-state index contributed by atoms with van der Waals surface area (Å²) in [6, 6.07) is 6.16. The Kier molecular flexibility index (Phi) is 7.36. The molecule has 1 N–H and O–H groups in total. The summed E-state index contributed by atoms with van der Waals surface area (Å²) in [7, 11) is 0. The molecule has 1 aromatic rings. The smallest absolute Gasteiger partial charge is 0.237 e. The highest BCUT2D eigenvalue weighted by atomic mass is 19.1. The average molecular weight is 392 g/mol. The number of halogens is 1. The highest BCUT2D eigenvalue weighted by Crippen LogP contribution is 2.09. The highest BCUT2D eigenvalue weighted by Gasteiger charge is 2.27. The molecule has 0 spiro atoms. The van der Waals surface area contributed by atoms with Crippen molar-refractivity contribution in [3.05, 3.63) is 35.6 Å². The van der Waals surface area contributed by atoms with Gasteiger partial charge in [-0.1, -0.05) is 18.2 Å². The predicted octanol–water partition coefficient (Wildman–Crippen LogP) is 0.307. The first-order valence-corrected chi connectivity index (χ1v) is 9.87. The molecule has 1 unspecified atom stereocenters. The van der Waals surface area contributed by atoms with Gasteiger partial charge in [-0.3, -0.25) is 19.4 Å². The molecule has 8 heteroatoms.